The predicted octanol–water partition coefficient (Wildman–Crippen LogP) is 12.0. The van der Waals surface area contributed by atoms with E-state index < -0.39 is 0 Å². The number of fused-ring (bicyclic) bond motifs is 6. The molecule has 3 nitrogen and oxygen atoms in total. The minimum atomic E-state index is 0.660. The Bertz CT molecular complexity index is 2580. The van der Waals surface area contributed by atoms with Gasteiger partial charge in [-0.3, -0.25) is 0 Å². The maximum absolute atomic E-state index is 5.06. The summed E-state index contributed by atoms with van der Waals surface area (Å²) in [6.45, 7) is 0. The van der Waals surface area contributed by atoms with Crippen molar-refractivity contribution in [1.82, 2.24) is 15.0 Å². The Hall–Kier alpha value is -6.45. The maximum atomic E-state index is 5.06. The van der Waals surface area contributed by atoms with Crippen LogP contribution >= 0.6 is 0 Å². The van der Waals surface area contributed by atoms with Crippen molar-refractivity contribution in [2.24, 2.45) is 0 Å². The SMILES string of the molecule is C1=CCC=CC(c2nc(C3=CCC=C(c4ccc5c6ccccc6c6ccccc6c5c4)C=C3)nc(-c3ccc(-c4ccccc4)cc3)n2)=C1. The molecule has 236 valence electrons. The van der Waals surface area contributed by atoms with Crippen LogP contribution in [0.1, 0.15) is 30.1 Å². The van der Waals surface area contributed by atoms with E-state index in [2.05, 4.69) is 170 Å². The molecule has 0 atom stereocenters. The van der Waals surface area contributed by atoms with E-state index in [1.165, 1.54) is 49.0 Å². The average Bonchev–Trinajstić information content (AvgIpc) is 3.63. The van der Waals surface area contributed by atoms with Crippen LogP contribution in [0, 0.1) is 0 Å². The van der Waals surface area contributed by atoms with E-state index in [1.54, 1.807) is 0 Å². The van der Waals surface area contributed by atoms with Crippen molar-refractivity contribution in [2.45, 2.75) is 12.8 Å². The van der Waals surface area contributed by atoms with Crippen molar-refractivity contribution in [1.29, 1.82) is 0 Å². The first-order valence-electron chi connectivity index (χ1n) is 17.2. The second-order valence-electron chi connectivity index (χ2n) is 12.7. The third-order valence-corrected chi connectivity index (χ3v) is 9.58. The Morgan fingerprint density at radius 2 is 0.900 bits per heavy atom. The predicted molar refractivity (Wildman–Crippen MR) is 210 cm³/mol. The van der Waals surface area contributed by atoms with E-state index in [-0.39, 0.29) is 0 Å². The molecule has 0 bridgehead atoms. The van der Waals surface area contributed by atoms with E-state index in [1.807, 2.05) is 6.07 Å². The summed E-state index contributed by atoms with van der Waals surface area (Å²) in [5, 5.41) is 7.69. The first-order chi connectivity index (χ1) is 24.8. The van der Waals surface area contributed by atoms with Crippen molar-refractivity contribution >= 4 is 49.0 Å². The summed E-state index contributed by atoms with van der Waals surface area (Å²) in [5.41, 5.74) is 7.62. The molecule has 1 heterocycles. The molecule has 0 spiro atoms. The number of benzene rings is 6. The fraction of sp³-hybridized carbons (Fsp3) is 0.0426. The van der Waals surface area contributed by atoms with Gasteiger partial charge in [0.25, 0.3) is 0 Å². The highest BCUT2D eigenvalue weighted by molar-refractivity contribution is 6.25. The van der Waals surface area contributed by atoms with Gasteiger partial charge in [-0.25, -0.2) is 15.0 Å². The van der Waals surface area contributed by atoms with Crippen LogP contribution in [0.3, 0.4) is 0 Å². The minimum Gasteiger partial charge on any atom is -0.208 e. The fourth-order valence-electron chi connectivity index (χ4n) is 7.03. The molecule has 0 saturated heterocycles. The largest absolute Gasteiger partial charge is 0.208 e. The standard InChI is InChI=1S/C47H33N3/c1-2-5-16-35(15-4-1)45-48-46(50-47(49-45)37-27-24-34(25-28-37)32-13-6-3-7-14-32)36-18-12-17-33(23-26-36)38-29-30-43-41-21-9-8-19-39(41)40-20-10-11-22-42(40)44(43)31-38/h1,3-11,13-31H,2,12H2. The highest BCUT2D eigenvalue weighted by Crippen LogP contribution is 2.37. The molecular formula is C47H33N3. The minimum absolute atomic E-state index is 0.660. The smallest absolute Gasteiger partial charge is 0.164 e. The summed E-state index contributed by atoms with van der Waals surface area (Å²) < 4.78 is 0. The zero-order valence-corrected chi connectivity index (χ0v) is 27.5. The maximum Gasteiger partial charge on any atom is 0.164 e. The average molecular weight is 640 g/mol. The van der Waals surface area contributed by atoms with E-state index in [4.69, 9.17) is 15.0 Å². The molecule has 0 aliphatic heterocycles. The summed E-state index contributed by atoms with van der Waals surface area (Å²) in [7, 11) is 0. The van der Waals surface area contributed by atoms with Crippen molar-refractivity contribution < 1.29 is 0 Å². The Morgan fingerprint density at radius 1 is 0.360 bits per heavy atom. The van der Waals surface area contributed by atoms with Crippen molar-refractivity contribution in [2.75, 3.05) is 0 Å². The summed E-state index contributed by atoms with van der Waals surface area (Å²) in [6.07, 6.45) is 21.0. The van der Waals surface area contributed by atoms with Crippen molar-refractivity contribution in [3.05, 3.63) is 193 Å². The topological polar surface area (TPSA) is 38.7 Å². The van der Waals surface area contributed by atoms with Gasteiger partial charge < -0.3 is 0 Å². The first-order valence-corrected chi connectivity index (χ1v) is 17.2. The fourth-order valence-corrected chi connectivity index (χ4v) is 7.03. The first kappa shape index (κ1) is 29.7. The van der Waals surface area contributed by atoms with Crippen LogP contribution in [0.25, 0.3) is 71.6 Å². The summed E-state index contributed by atoms with van der Waals surface area (Å²) in [5.74, 6) is 1.99. The second-order valence-corrected chi connectivity index (χ2v) is 12.7. The molecule has 9 rings (SSSR count). The van der Waals surface area contributed by atoms with Crippen LogP contribution < -0.4 is 0 Å². The zero-order chi connectivity index (χ0) is 33.3. The van der Waals surface area contributed by atoms with Crippen LogP contribution in [0.2, 0.25) is 0 Å². The Balaban J connectivity index is 1.09. The van der Waals surface area contributed by atoms with Gasteiger partial charge >= 0.3 is 0 Å². The molecule has 7 aromatic rings. The highest BCUT2D eigenvalue weighted by atomic mass is 15.0. The lowest BCUT2D eigenvalue weighted by Crippen LogP contribution is -2.04. The van der Waals surface area contributed by atoms with E-state index in [0.717, 1.165) is 35.1 Å². The molecule has 0 fully saturated rings. The normalized spacial score (nSPS) is 14.4. The summed E-state index contributed by atoms with van der Waals surface area (Å²) in [6, 6.07) is 43.2. The molecule has 3 heteroatoms. The van der Waals surface area contributed by atoms with Gasteiger partial charge in [0.1, 0.15) is 0 Å². The molecule has 0 radical (unpaired) electrons. The Kier molecular flexibility index (Phi) is 7.64. The van der Waals surface area contributed by atoms with Crippen LogP contribution in [0.5, 0.6) is 0 Å². The molecule has 50 heavy (non-hydrogen) atoms. The summed E-state index contributed by atoms with van der Waals surface area (Å²) >= 11 is 0. The van der Waals surface area contributed by atoms with Gasteiger partial charge in [-0.2, -0.15) is 0 Å². The molecule has 0 unspecified atom stereocenters. The summed E-state index contributed by atoms with van der Waals surface area (Å²) in [4.78, 5) is 15.1. The van der Waals surface area contributed by atoms with Crippen molar-refractivity contribution in [3.8, 4) is 22.5 Å². The molecule has 2 aliphatic carbocycles. The van der Waals surface area contributed by atoms with Gasteiger partial charge in [0.2, 0.25) is 0 Å². The lowest BCUT2D eigenvalue weighted by atomic mass is 9.92. The molecule has 0 amide bonds. The quantitative estimate of drug-likeness (QED) is 0.176. The van der Waals surface area contributed by atoms with E-state index in [0.29, 0.717) is 17.5 Å². The van der Waals surface area contributed by atoms with Crippen LogP contribution in [0.15, 0.2) is 176 Å². The van der Waals surface area contributed by atoms with Gasteiger partial charge in [-0.1, -0.05) is 170 Å². The number of rotatable bonds is 5. The molecule has 0 saturated carbocycles. The molecule has 1 aromatic heterocycles. The Labute approximate surface area is 291 Å². The molecule has 2 aliphatic rings. The number of hydrogen-bond donors (Lipinski definition) is 0. The van der Waals surface area contributed by atoms with Gasteiger partial charge in [0.05, 0.1) is 0 Å². The van der Waals surface area contributed by atoms with E-state index in [9.17, 15) is 0 Å². The van der Waals surface area contributed by atoms with Gasteiger partial charge in [0.15, 0.2) is 17.5 Å². The van der Waals surface area contributed by atoms with Crippen molar-refractivity contribution in [3.63, 3.8) is 0 Å². The lowest BCUT2D eigenvalue weighted by molar-refractivity contribution is 1.00. The lowest BCUT2D eigenvalue weighted by Gasteiger charge is -2.12. The van der Waals surface area contributed by atoms with Crippen LogP contribution in [0.4, 0.5) is 0 Å². The Morgan fingerprint density at radius 3 is 1.64 bits per heavy atom. The van der Waals surface area contributed by atoms with Gasteiger partial charge in [-0.05, 0) is 73.5 Å². The van der Waals surface area contributed by atoms with E-state index >= 15 is 0 Å². The number of nitrogens with zero attached hydrogens (tertiary/aromatic N) is 3. The number of hydrogen-bond acceptors (Lipinski definition) is 3. The highest BCUT2D eigenvalue weighted by Gasteiger charge is 2.15. The van der Waals surface area contributed by atoms with Gasteiger partial charge in [-0.15, -0.1) is 0 Å². The number of allylic oxidation sites excluding steroid dienone is 12. The van der Waals surface area contributed by atoms with Crippen LogP contribution in [-0.4, -0.2) is 15.0 Å². The molecular weight excluding hydrogens is 607 g/mol. The van der Waals surface area contributed by atoms with Crippen LogP contribution in [-0.2, 0) is 0 Å². The third kappa shape index (κ3) is 5.59. The molecule has 0 N–H and O–H groups in total. The number of aromatic nitrogens is 3. The van der Waals surface area contributed by atoms with Gasteiger partial charge in [0, 0.05) is 16.7 Å². The monoisotopic (exact) mass is 639 g/mol. The second kappa shape index (κ2) is 12.9. The molecule has 6 aromatic carbocycles. The zero-order valence-electron chi connectivity index (χ0n) is 27.5. The third-order valence-electron chi connectivity index (χ3n) is 9.58.